The molecule has 5 rings (SSSR count). The molecule has 0 spiro atoms. The summed E-state index contributed by atoms with van der Waals surface area (Å²) in [5, 5.41) is 8.40. The van der Waals surface area contributed by atoms with E-state index in [1.54, 1.807) is 11.3 Å². The van der Waals surface area contributed by atoms with Crippen LogP contribution in [0, 0.1) is 5.82 Å². The topological polar surface area (TPSA) is 34.0 Å². The molecule has 5 heteroatoms. The van der Waals surface area contributed by atoms with Crippen LogP contribution in [0.25, 0.3) is 10.9 Å². The second-order valence-electron chi connectivity index (χ2n) is 8.43. The van der Waals surface area contributed by atoms with Gasteiger partial charge in [-0.2, -0.15) is 11.3 Å². The molecular weight excluding hydrogens is 443 g/mol. The van der Waals surface area contributed by atoms with Gasteiger partial charge in [-0.3, -0.25) is 4.79 Å². The molecule has 0 aliphatic heterocycles. The Hall–Kier alpha value is -3.70. The monoisotopic (exact) mass is 468 g/mol. The number of fused-ring (bicyclic) bond motifs is 1. The van der Waals surface area contributed by atoms with Crippen LogP contribution in [0.5, 0.6) is 0 Å². The molecule has 0 aliphatic carbocycles. The van der Waals surface area contributed by atoms with Crippen molar-refractivity contribution in [3.63, 3.8) is 0 Å². The maximum absolute atomic E-state index is 13.4. The highest BCUT2D eigenvalue weighted by Crippen LogP contribution is 2.36. The average molecular weight is 469 g/mol. The third-order valence-corrected chi connectivity index (χ3v) is 6.83. The number of hydrogen-bond donors (Lipinski definition) is 1. The van der Waals surface area contributed by atoms with Crippen LogP contribution >= 0.6 is 11.3 Å². The second kappa shape index (κ2) is 10.1. The summed E-state index contributed by atoms with van der Waals surface area (Å²) in [6.45, 7) is 1.15. The minimum absolute atomic E-state index is 0.0235. The number of hydrogen-bond acceptors (Lipinski definition) is 2. The van der Waals surface area contributed by atoms with Crippen molar-refractivity contribution in [3.05, 3.63) is 130 Å². The maximum atomic E-state index is 13.4. The predicted molar refractivity (Wildman–Crippen MR) is 137 cm³/mol. The van der Waals surface area contributed by atoms with E-state index in [2.05, 4.69) is 45.0 Å². The quantitative estimate of drug-likeness (QED) is 0.269. The molecule has 1 atom stereocenters. The number of aromatic nitrogens is 1. The molecular formula is C29H25FN2OS. The summed E-state index contributed by atoms with van der Waals surface area (Å²) in [5.74, 6) is -0.266. The fraction of sp³-hybridized carbons (Fsp3) is 0.138. The zero-order valence-electron chi connectivity index (χ0n) is 18.7. The fourth-order valence-corrected chi connectivity index (χ4v) is 5.12. The molecule has 5 aromatic rings. The first-order valence-corrected chi connectivity index (χ1v) is 12.3. The van der Waals surface area contributed by atoms with Crippen molar-refractivity contribution in [2.24, 2.45) is 0 Å². The largest absolute Gasteiger partial charge is 0.352 e. The van der Waals surface area contributed by atoms with Gasteiger partial charge in [0.2, 0.25) is 5.91 Å². The van der Waals surface area contributed by atoms with Crippen molar-refractivity contribution in [3.8, 4) is 0 Å². The number of thiophene rings is 1. The molecule has 1 N–H and O–H groups in total. The van der Waals surface area contributed by atoms with Crippen LogP contribution in [0.15, 0.2) is 102 Å². The first-order valence-electron chi connectivity index (χ1n) is 11.3. The highest BCUT2D eigenvalue weighted by molar-refractivity contribution is 7.08. The normalized spacial score (nSPS) is 12.0. The number of para-hydroxylation sites is 1. The number of nitrogens with zero attached hydrogens (tertiary/aromatic N) is 1. The van der Waals surface area contributed by atoms with Gasteiger partial charge in [0.1, 0.15) is 5.82 Å². The first kappa shape index (κ1) is 22.1. The molecule has 0 bridgehead atoms. The molecule has 3 nitrogen and oxygen atoms in total. The zero-order valence-corrected chi connectivity index (χ0v) is 19.5. The molecule has 2 heterocycles. The van der Waals surface area contributed by atoms with Crippen molar-refractivity contribution in [1.29, 1.82) is 0 Å². The number of carbonyl (C=O) groups excluding carboxylic acids is 1. The van der Waals surface area contributed by atoms with E-state index in [0.717, 1.165) is 33.2 Å². The summed E-state index contributed by atoms with van der Waals surface area (Å²) < 4.78 is 15.6. The predicted octanol–water partition coefficient (Wildman–Crippen LogP) is 6.73. The Morgan fingerprint density at radius 1 is 0.912 bits per heavy atom. The molecule has 3 aromatic carbocycles. The van der Waals surface area contributed by atoms with Crippen LogP contribution in [0.1, 0.15) is 34.6 Å². The van der Waals surface area contributed by atoms with E-state index in [1.165, 1.54) is 12.1 Å². The molecule has 1 amide bonds. The smallest absolute Gasteiger partial charge is 0.221 e. The van der Waals surface area contributed by atoms with Gasteiger partial charge in [0.15, 0.2) is 0 Å². The fourth-order valence-electron chi connectivity index (χ4n) is 4.40. The lowest BCUT2D eigenvalue weighted by atomic mass is 9.89. The summed E-state index contributed by atoms with van der Waals surface area (Å²) in [6, 6.07) is 27.0. The Labute approximate surface area is 202 Å². The van der Waals surface area contributed by atoms with Gasteiger partial charge >= 0.3 is 0 Å². The van der Waals surface area contributed by atoms with Gasteiger partial charge in [-0.25, -0.2) is 4.39 Å². The molecule has 0 saturated heterocycles. The van der Waals surface area contributed by atoms with Gasteiger partial charge in [0.05, 0.1) is 0 Å². The van der Waals surface area contributed by atoms with E-state index < -0.39 is 0 Å². The van der Waals surface area contributed by atoms with E-state index in [-0.39, 0.29) is 17.6 Å². The van der Waals surface area contributed by atoms with Gasteiger partial charge in [0, 0.05) is 42.5 Å². The van der Waals surface area contributed by atoms with Crippen molar-refractivity contribution < 1.29 is 9.18 Å². The van der Waals surface area contributed by atoms with Crippen molar-refractivity contribution in [2.75, 3.05) is 0 Å². The number of amides is 1. The number of benzene rings is 3. The number of halogens is 1. The molecule has 2 aromatic heterocycles. The minimum atomic E-state index is -0.235. The summed E-state index contributed by atoms with van der Waals surface area (Å²) >= 11 is 1.64. The highest BCUT2D eigenvalue weighted by Gasteiger charge is 2.23. The van der Waals surface area contributed by atoms with Gasteiger partial charge in [-0.15, -0.1) is 0 Å². The Balaban J connectivity index is 1.45. The lowest BCUT2D eigenvalue weighted by Gasteiger charge is -2.16. The van der Waals surface area contributed by atoms with Crippen LogP contribution in [0.3, 0.4) is 0 Å². The standard InChI is InChI=1S/C29H25FN2OS/c30-24-12-10-22(11-13-24)18-32-19-27(25-8-4-5-9-28(25)32)26(23-14-15-34-20-23)16-29(33)31-17-21-6-2-1-3-7-21/h1-15,19-20,26H,16-18H2,(H,31,33). The van der Waals surface area contributed by atoms with Crippen LogP contribution in [-0.4, -0.2) is 10.5 Å². The molecule has 0 fully saturated rings. The van der Waals surface area contributed by atoms with Gasteiger partial charge < -0.3 is 9.88 Å². The lowest BCUT2D eigenvalue weighted by Crippen LogP contribution is -2.24. The SMILES string of the molecule is O=C(CC(c1ccsc1)c1cn(Cc2ccc(F)cc2)c2ccccc12)NCc1ccccc1. The van der Waals surface area contributed by atoms with E-state index in [1.807, 2.05) is 54.6 Å². The van der Waals surface area contributed by atoms with Crippen LogP contribution in [-0.2, 0) is 17.9 Å². The number of carbonyl (C=O) groups is 1. The van der Waals surface area contributed by atoms with E-state index in [0.29, 0.717) is 19.5 Å². The molecule has 0 radical (unpaired) electrons. The summed E-state index contributed by atoms with van der Waals surface area (Å²) in [7, 11) is 0. The third-order valence-electron chi connectivity index (χ3n) is 6.13. The second-order valence-corrected chi connectivity index (χ2v) is 9.21. The van der Waals surface area contributed by atoms with Gasteiger partial charge in [0.25, 0.3) is 0 Å². The van der Waals surface area contributed by atoms with Crippen molar-refractivity contribution in [2.45, 2.75) is 25.4 Å². The Morgan fingerprint density at radius 3 is 2.44 bits per heavy atom. The Kier molecular flexibility index (Phi) is 6.54. The minimum Gasteiger partial charge on any atom is -0.352 e. The van der Waals surface area contributed by atoms with E-state index >= 15 is 0 Å². The Bertz CT molecular complexity index is 1380. The zero-order chi connectivity index (χ0) is 23.3. The van der Waals surface area contributed by atoms with E-state index in [4.69, 9.17) is 0 Å². The van der Waals surface area contributed by atoms with E-state index in [9.17, 15) is 9.18 Å². The molecule has 0 aliphatic rings. The summed E-state index contributed by atoms with van der Waals surface area (Å²) in [5.41, 5.74) is 5.49. The molecule has 1 unspecified atom stereocenters. The Morgan fingerprint density at radius 2 is 1.68 bits per heavy atom. The van der Waals surface area contributed by atoms with Gasteiger partial charge in [-0.05, 0) is 57.3 Å². The summed E-state index contributed by atoms with van der Waals surface area (Å²) in [4.78, 5) is 13.0. The average Bonchev–Trinajstić information content (AvgIpc) is 3.52. The third kappa shape index (κ3) is 4.95. The van der Waals surface area contributed by atoms with Crippen LogP contribution < -0.4 is 5.32 Å². The maximum Gasteiger partial charge on any atom is 0.221 e. The number of rotatable bonds is 8. The van der Waals surface area contributed by atoms with Crippen LogP contribution in [0.2, 0.25) is 0 Å². The number of nitrogens with one attached hydrogen (secondary N) is 1. The highest BCUT2D eigenvalue weighted by atomic mass is 32.1. The van der Waals surface area contributed by atoms with Crippen LogP contribution in [0.4, 0.5) is 4.39 Å². The molecule has 170 valence electrons. The van der Waals surface area contributed by atoms with Gasteiger partial charge in [-0.1, -0.05) is 60.7 Å². The summed E-state index contributed by atoms with van der Waals surface area (Å²) in [6.07, 6.45) is 2.52. The molecule has 0 saturated carbocycles. The first-order chi connectivity index (χ1) is 16.7. The van der Waals surface area contributed by atoms with Crippen molar-refractivity contribution >= 4 is 28.1 Å². The van der Waals surface area contributed by atoms with Crippen molar-refractivity contribution in [1.82, 2.24) is 9.88 Å². The molecule has 34 heavy (non-hydrogen) atoms. The lowest BCUT2D eigenvalue weighted by molar-refractivity contribution is -0.121.